The van der Waals surface area contributed by atoms with Gasteiger partial charge in [0.05, 0.1) is 6.42 Å². The van der Waals surface area contributed by atoms with Gasteiger partial charge in [-0.3, -0.25) is 4.98 Å². The Morgan fingerprint density at radius 2 is 1.95 bits per heavy atom. The largest absolute Gasteiger partial charge is 0.261 e. The maximum absolute atomic E-state index is 6.31. The van der Waals surface area contributed by atoms with Gasteiger partial charge in [-0.05, 0) is 37.8 Å². The molecule has 0 radical (unpaired) electrons. The highest BCUT2D eigenvalue weighted by molar-refractivity contribution is 6.30. The van der Waals surface area contributed by atoms with Gasteiger partial charge < -0.3 is 0 Å². The summed E-state index contributed by atoms with van der Waals surface area (Å²) >= 11 is 6.31. The highest BCUT2D eigenvalue weighted by Gasteiger charge is 2.15. The van der Waals surface area contributed by atoms with Gasteiger partial charge in [-0.2, -0.15) is 0 Å². The van der Waals surface area contributed by atoms with Crippen LogP contribution in [0.25, 0.3) is 0 Å². The van der Waals surface area contributed by atoms with Gasteiger partial charge in [-0.1, -0.05) is 24.1 Å². The van der Waals surface area contributed by atoms with Gasteiger partial charge in [0.15, 0.2) is 0 Å². The van der Waals surface area contributed by atoms with E-state index in [4.69, 9.17) is 16.6 Å². The zero-order valence-electron chi connectivity index (χ0n) is 10.8. The summed E-state index contributed by atoms with van der Waals surface area (Å²) < 4.78 is 0. The van der Waals surface area contributed by atoms with Crippen molar-refractivity contribution in [1.29, 1.82) is 0 Å². The average Bonchev–Trinajstić information content (AvgIpc) is 2.65. The third-order valence-electron chi connectivity index (χ3n) is 3.49. The van der Waals surface area contributed by atoms with Gasteiger partial charge in [0.25, 0.3) is 0 Å². The van der Waals surface area contributed by atoms with Crippen molar-refractivity contribution < 1.29 is 0 Å². The van der Waals surface area contributed by atoms with Crippen LogP contribution in [0.5, 0.6) is 0 Å². The maximum Gasteiger partial charge on any atom is 0.136 e. The van der Waals surface area contributed by atoms with E-state index in [0.717, 1.165) is 35.6 Å². The van der Waals surface area contributed by atoms with E-state index in [1.165, 1.54) is 19.3 Å². The molecule has 0 aliphatic heterocycles. The summed E-state index contributed by atoms with van der Waals surface area (Å²) in [7, 11) is 0. The normalized spacial score (nSPS) is 14.8. The molecule has 0 saturated heterocycles. The standard InChI is InChI=1S/C15H16ClN3/c16-15-12-7-2-1-3-8-13(12)18-14(19-15)10-11-6-4-5-9-17-11/h4-6,9H,1-3,7-8,10H2. The second-order valence-electron chi connectivity index (χ2n) is 4.91. The quantitative estimate of drug-likeness (QED) is 0.622. The Bertz CT molecular complexity index is 569. The Morgan fingerprint density at radius 3 is 2.79 bits per heavy atom. The van der Waals surface area contributed by atoms with Crippen LogP contribution in [0.3, 0.4) is 0 Å². The number of fused-ring (bicyclic) bond motifs is 1. The maximum atomic E-state index is 6.31. The Hall–Kier alpha value is -1.48. The minimum absolute atomic E-state index is 0.637. The van der Waals surface area contributed by atoms with Crippen LogP contribution in [-0.4, -0.2) is 15.0 Å². The molecule has 1 aliphatic rings. The molecule has 98 valence electrons. The molecule has 0 N–H and O–H groups in total. The average molecular weight is 274 g/mol. The van der Waals surface area contributed by atoms with Gasteiger partial charge >= 0.3 is 0 Å². The number of aromatic nitrogens is 3. The molecule has 0 spiro atoms. The summed E-state index contributed by atoms with van der Waals surface area (Å²) in [6.07, 6.45) is 8.11. The van der Waals surface area contributed by atoms with Crippen molar-refractivity contribution in [3.63, 3.8) is 0 Å². The number of nitrogens with zero attached hydrogens (tertiary/aromatic N) is 3. The number of hydrogen-bond donors (Lipinski definition) is 0. The van der Waals surface area contributed by atoms with Crippen molar-refractivity contribution in [1.82, 2.24) is 15.0 Å². The van der Waals surface area contributed by atoms with Crippen molar-refractivity contribution in [2.24, 2.45) is 0 Å². The van der Waals surface area contributed by atoms with E-state index in [1.807, 2.05) is 18.2 Å². The molecular formula is C15H16ClN3. The van der Waals surface area contributed by atoms with Crippen molar-refractivity contribution in [2.75, 3.05) is 0 Å². The molecule has 19 heavy (non-hydrogen) atoms. The van der Waals surface area contributed by atoms with E-state index in [2.05, 4.69) is 9.97 Å². The lowest BCUT2D eigenvalue weighted by Gasteiger charge is -2.09. The summed E-state index contributed by atoms with van der Waals surface area (Å²) in [5.41, 5.74) is 3.28. The Kier molecular flexibility index (Phi) is 3.74. The molecular weight excluding hydrogens is 258 g/mol. The Balaban J connectivity index is 1.91. The minimum atomic E-state index is 0.637. The highest BCUT2D eigenvalue weighted by atomic mass is 35.5. The van der Waals surface area contributed by atoms with Gasteiger partial charge in [0.2, 0.25) is 0 Å². The predicted molar refractivity (Wildman–Crippen MR) is 75.3 cm³/mol. The van der Waals surface area contributed by atoms with Crippen LogP contribution in [-0.2, 0) is 19.3 Å². The fourth-order valence-corrected chi connectivity index (χ4v) is 2.82. The van der Waals surface area contributed by atoms with Crippen LogP contribution in [0.1, 0.15) is 42.0 Å². The molecule has 1 aliphatic carbocycles. The summed E-state index contributed by atoms with van der Waals surface area (Å²) in [4.78, 5) is 13.4. The molecule has 0 amide bonds. The van der Waals surface area contributed by atoms with Gasteiger partial charge in [-0.15, -0.1) is 0 Å². The molecule has 0 fully saturated rings. The molecule has 0 saturated carbocycles. The van der Waals surface area contributed by atoms with Crippen molar-refractivity contribution in [2.45, 2.75) is 38.5 Å². The molecule has 4 heteroatoms. The monoisotopic (exact) mass is 273 g/mol. The fraction of sp³-hybridized carbons (Fsp3) is 0.400. The van der Waals surface area contributed by atoms with E-state index in [0.29, 0.717) is 11.6 Å². The third kappa shape index (κ3) is 2.92. The smallest absolute Gasteiger partial charge is 0.136 e. The number of halogens is 1. The molecule has 0 aromatic carbocycles. The Morgan fingerprint density at radius 1 is 1.05 bits per heavy atom. The SMILES string of the molecule is Clc1nc(Cc2ccccn2)nc2c1CCCCC2. The molecule has 2 heterocycles. The summed E-state index contributed by atoms with van der Waals surface area (Å²) in [5, 5.41) is 0.637. The lowest BCUT2D eigenvalue weighted by atomic mass is 10.1. The minimum Gasteiger partial charge on any atom is -0.261 e. The van der Waals surface area contributed by atoms with Crippen LogP contribution in [0.15, 0.2) is 24.4 Å². The number of aryl methyl sites for hydroxylation is 1. The lowest BCUT2D eigenvalue weighted by Crippen LogP contribution is -2.06. The summed E-state index contributed by atoms with van der Waals surface area (Å²) in [6, 6.07) is 5.88. The molecule has 3 rings (SSSR count). The number of pyridine rings is 1. The summed E-state index contributed by atoms with van der Waals surface area (Å²) in [5.74, 6) is 0.782. The first kappa shape index (κ1) is 12.5. The van der Waals surface area contributed by atoms with E-state index in [-0.39, 0.29) is 0 Å². The predicted octanol–water partition coefficient (Wildman–Crippen LogP) is 3.38. The van der Waals surface area contributed by atoms with Crippen LogP contribution in [0.4, 0.5) is 0 Å². The van der Waals surface area contributed by atoms with E-state index in [1.54, 1.807) is 6.20 Å². The second-order valence-corrected chi connectivity index (χ2v) is 5.27. The van der Waals surface area contributed by atoms with Gasteiger partial charge in [0.1, 0.15) is 11.0 Å². The zero-order valence-corrected chi connectivity index (χ0v) is 11.5. The fourth-order valence-electron chi connectivity index (χ4n) is 2.52. The molecule has 2 aromatic rings. The van der Waals surface area contributed by atoms with Crippen LogP contribution < -0.4 is 0 Å². The van der Waals surface area contributed by atoms with Crippen LogP contribution in [0, 0.1) is 0 Å². The third-order valence-corrected chi connectivity index (χ3v) is 3.81. The Labute approximate surface area is 118 Å². The van der Waals surface area contributed by atoms with E-state index >= 15 is 0 Å². The van der Waals surface area contributed by atoms with E-state index in [9.17, 15) is 0 Å². The second kappa shape index (κ2) is 5.66. The first-order valence-corrected chi connectivity index (χ1v) is 7.15. The molecule has 3 nitrogen and oxygen atoms in total. The topological polar surface area (TPSA) is 38.7 Å². The van der Waals surface area contributed by atoms with Crippen LogP contribution >= 0.6 is 11.6 Å². The molecule has 0 unspecified atom stereocenters. The number of rotatable bonds is 2. The van der Waals surface area contributed by atoms with E-state index < -0.39 is 0 Å². The summed E-state index contributed by atoms with van der Waals surface area (Å²) in [6.45, 7) is 0. The molecule has 0 atom stereocenters. The molecule has 0 bridgehead atoms. The first-order valence-electron chi connectivity index (χ1n) is 6.77. The van der Waals surface area contributed by atoms with Crippen molar-refractivity contribution in [3.8, 4) is 0 Å². The van der Waals surface area contributed by atoms with Crippen LogP contribution in [0.2, 0.25) is 5.15 Å². The highest BCUT2D eigenvalue weighted by Crippen LogP contribution is 2.25. The first-order chi connectivity index (χ1) is 9.33. The lowest BCUT2D eigenvalue weighted by molar-refractivity contribution is 0.708. The van der Waals surface area contributed by atoms with Crippen molar-refractivity contribution in [3.05, 3.63) is 52.3 Å². The molecule has 2 aromatic heterocycles. The van der Waals surface area contributed by atoms with Gasteiger partial charge in [-0.25, -0.2) is 9.97 Å². The van der Waals surface area contributed by atoms with Gasteiger partial charge in [0, 0.05) is 23.1 Å². The van der Waals surface area contributed by atoms with Crippen molar-refractivity contribution >= 4 is 11.6 Å². The number of hydrogen-bond acceptors (Lipinski definition) is 3. The zero-order chi connectivity index (χ0) is 13.1.